The van der Waals surface area contributed by atoms with E-state index >= 15 is 0 Å². The van der Waals surface area contributed by atoms with Gasteiger partial charge in [0.2, 0.25) is 15.9 Å². The van der Waals surface area contributed by atoms with Gasteiger partial charge in [-0.25, -0.2) is 21.6 Å². The van der Waals surface area contributed by atoms with Crippen molar-refractivity contribution in [1.29, 1.82) is 0 Å². The molecule has 1 fully saturated rings. The van der Waals surface area contributed by atoms with Gasteiger partial charge < -0.3 is 15.2 Å². The van der Waals surface area contributed by atoms with Gasteiger partial charge in [-0.1, -0.05) is 17.7 Å². The van der Waals surface area contributed by atoms with Gasteiger partial charge in [0.15, 0.2) is 0 Å². The van der Waals surface area contributed by atoms with Crippen LogP contribution in [-0.4, -0.2) is 43.1 Å². The van der Waals surface area contributed by atoms with Crippen LogP contribution in [0.3, 0.4) is 0 Å². The second-order valence-electron chi connectivity index (χ2n) is 7.62. The molecule has 0 spiro atoms. The topological polar surface area (TPSA) is 107 Å². The molecule has 33 heavy (non-hydrogen) atoms. The Balaban J connectivity index is 2.13. The van der Waals surface area contributed by atoms with Crippen molar-refractivity contribution in [2.24, 2.45) is 0 Å². The van der Waals surface area contributed by atoms with Crippen LogP contribution in [0.25, 0.3) is 0 Å². The zero-order chi connectivity index (χ0) is 24.6. The number of sulfonamides is 1. The second kappa shape index (κ2) is 9.32. The highest BCUT2D eigenvalue weighted by atomic mass is 35.5. The lowest BCUT2D eigenvalue weighted by molar-refractivity contribution is -0.255. The number of alkyl halides is 2. The van der Waals surface area contributed by atoms with E-state index in [0.717, 1.165) is 24.3 Å². The van der Waals surface area contributed by atoms with Crippen LogP contribution >= 0.6 is 11.6 Å². The van der Waals surface area contributed by atoms with Crippen LogP contribution in [0, 0.1) is 12.7 Å². The maximum atomic E-state index is 14.5. The normalized spacial score (nSPS) is 18.6. The zero-order valence-electron chi connectivity index (χ0n) is 17.3. The number of hydrogen-bond donors (Lipinski definition) is 1. The molecule has 1 N–H and O–H groups in total. The predicted molar refractivity (Wildman–Crippen MR) is 111 cm³/mol. The number of carbonyl (C=O) groups is 2. The Morgan fingerprint density at radius 3 is 2.48 bits per heavy atom. The number of halogens is 4. The van der Waals surface area contributed by atoms with Gasteiger partial charge in [0, 0.05) is 36.5 Å². The summed E-state index contributed by atoms with van der Waals surface area (Å²) < 4.78 is 70.7. The predicted octanol–water partition coefficient (Wildman–Crippen LogP) is 2.26. The summed E-state index contributed by atoms with van der Waals surface area (Å²) in [6.07, 6.45) is -1.75. The van der Waals surface area contributed by atoms with Crippen LogP contribution in [0.1, 0.15) is 34.3 Å². The first-order valence-corrected chi connectivity index (χ1v) is 11.6. The molecule has 0 saturated carbocycles. The Morgan fingerprint density at radius 2 is 1.88 bits per heavy atom. The molecule has 1 aliphatic heterocycles. The number of amides is 1. The van der Waals surface area contributed by atoms with Crippen molar-refractivity contribution >= 4 is 33.5 Å². The third-order valence-corrected chi connectivity index (χ3v) is 7.52. The van der Waals surface area contributed by atoms with E-state index in [9.17, 15) is 36.3 Å². The smallest absolute Gasteiger partial charge is 0.251 e. The quantitative estimate of drug-likeness (QED) is 0.651. The van der Waals surface area contributed by atoms with Crippen LogP contribution < -0.4 is 10.4 Å². The molecule has 2 aromatic rings. The molecular formula is C21H19ClF3N2O5S-. The van der Waals surface area contributed by atoms with Gasteiger partial charge in [-0.2, -0.15) is 4.31 Å². The Bertz CT molecular complexity index is 1190. The fourth-order valence-electron chi connectivity index (χ4n) is 3.52. The number of carboxylic acids is 1. The molecule has 1 aliphatic rings. The van der Waals surface area contributed by atoms with Crippen LogP contribution in [0.15, 0.2) is 41.3 Å². The third-order valence-electron chi connectivity index (χ3n) is 5.40. The minimum Gasteiger partial charge on any atom is -0.545 e. The average molecular weight is 504 g/mol. The summed E-state index contributed by atoms with van der Waals surface area (Å²) in [5.74, 6) is -7.17. The highest BCUT2D eigenvalue weighted by molar-refractivity contribution is 7.89. The summed E-state index contributed by atoms with van der Waals surface area (Å²) in [7, 11) is -4.54. The zero-order valence-corrected chi connectivity index (χ0v) is 18.9. The molecule has 3 rings (SSSR count). The van der Waals surface area contributed by atoms with E-state index in [1.807, 2.05) is 0 Å². The monoisotopic (exact) mass is 503 g/mol. The summed E-state index contributed by atoms with van der Waals surface area (Å²) in [6.45, 7) is 0.215. The summed E-state index contributed by atoms with van der Waals surface area (Å²) in [4.78, 5) is 23.4. The molecule has 1 atom stereocenters. The van der Waals surface area contributed by atoms with E-state index in [4.69, 9.17) is 11.6 Å². The lowest BCUT2D eigenvalue weighted by atomic mass is 10.0. The maximum Gasteiger partial charge on any atom is 0.251 e. The molecule has 1 amide bonds. The largest absolute Gasteiger partial charge is 0.545 e. The molecule has 1 saturated heterocycles. The second-order valence-corrected chi connectivity index (χ2v) is 9.95. The lowest BCUT2D eigenvalue weighted by Crippen LogP contribution is -2.49. The number of carboxylic acid groups (broad SMARTS) is 1. The molecule has 12 heteroatoms. The number of benzene rings is 2. The number of nitrogens with one attached hydrogen (secondary N) is 1. The van der Waals surface area contributed by atoms with E-state index in [-0.39, 0.29) is 27.6 Å². The summed E-state index contributed by atoms with van der Waals surface area (Å²) in [5, 5.41) is 13.6. The molecule has 0 aliphatic carbocycles. The first-order chi connectivity index (χ1) is 15.3. The molecule has 178 valence electrons. The maximum absolute atomic E-state index is 14.5. The SMILES string of the molecule is Cc1c(CN([C@@H]2CC(F)(F)CCNC2=O)S(=O)(=O)c2ccc(Cl)cc2)ccc(C(=O)[O-])c1F. The van der Waals surface area contributed by atoms with Crippen molar-refractivity contribution in [3.63, 3.8) is 0 Å². The average Bonchev–Trinajstić information content (AvgIpc) is 2.86. The van der Waals surface area contributed by atoms with Crippen LogP contribution in [0.4, 0.5) is 13.2 Å². The van der Waals surface area contributed by atoms with E-state index in [1.54, 1.807) is 0 Å². The van der Waals surface area contributed by atoms with Gasteiger partial charge in [-0.05, 0) is 48.4 Å². The summed E-state index contributed by atoms with van der Waals surface area (Å²) in [6, 6.07) is 5.13. The molecule has 1 heterocycles. The number of rotatable bonds is 6. The number of aromatic carboxylic acids is 1. The standard InChI is InChI=1S/C21H20ClF3N2O5S/c1-12-13(2-7-16(18(12)23)20(29)30)11-27(17-10-21(24,25)8-9-26-19(17)28)33(31,32)15-5-3-14(22)4-6-15/h2-7,17H,8-11H2,1H3,(H,26,28)(H,29,30)/p-1/t17-/m1/s1. The summed E-state index contributed by atoms with van der Waals surface area (Å²) in [5.41, 5.74) is -0.953. The Hall–Kier alpha value is -2.63. The van der Waals surface area contributed by atoms with Gasteiger partial charge in [0.1, 0.15) is 11.9 Å². The van der Waals surface area contributed by atoms with Crippen LogP contribution in [0.5, 0.6) is 0 Å². The summed E-state index contributed by atoms with van der Waals surface area (Å²) >= 11 is 5.81. The van der Waals surface area contributed by atoms with Crippen LogP contribution in [-0.2, 0) is 21.4 Å². The molecule has 0 bridgehead atoms. The minimum atomic E-state index is -4.54. The Morgan fingerprint density at radius 1 is 1.24 bits per heavy atom. The Kier molecular flexibility index (Phi) is 7.06. The number of hydrogen-bond acceptors (Lipinski definition) is 5. The van der Waals surface area contributed by atoms with Crippen molar-refractivity contribution < 1.29 is 36.3 Å². The van der Waals surface area contributed by atoms with E-state index in [0.29, 0.717) is 4.31 Å². The first-order valence-electron chi connectivity index (χ1n) is 9.76. The first kappa shape index (κ1) is 25.0. The number of nitrogens with zero attached hydrogens (tertiary/aromatic N) is 1. The van der Waals surface area contributed by atoms with Gasteiger partial charge in [0.05, 0.1) is 10.9 Å². The van der Waals surface area contributed by atoms with Crippen molar-refractivity contribution in [3.05, 3.63) is 63.9 Å². The molecule has 0 unspecified atom stereocenters. The lowest BCUT2D eigenvalue weighted by Gasteiger charge is -2.31. The van der Waals surface area contributed by atoms with Gasteiger partial charge in [0.25, 0.3) is 5.92 Å². The molecule has 0 radical (unpaired) electrons. The van der Waals surface area contributed by atoms with Crippen molar-refractivity contribution in [1.82, 2.24) is 9.62 Å². The van der Waals surface area contributed by atoms with Crippen LogP contribution in [0.2, 0.25) is 5.02 Å². The van der Waals surface area contributed by atoms with E-state index in [2.05, 4.69) is 5.32 Å². The Labute approximate surface area is 193 Å². The van der Waals surface area contributed by atoms with E-state index < -0.39 is 64.6 Å². The fraction of sp³-hybridized carbons (Fsp3) is 0.333. The third kappa shape index (κ3) is 5.31. The molecular weight excluding hydrogens is 485 g/mol. The molecule has 2 aromatic carbocycles. The van der Waals surface area contributed by atoms with Gasteiger partial charge in [-0.3, -0.25) is 4.79 Å². The molecule has 7 nitrogen and oxygen atoms in total. The fourth-order valence-corrected chi connectivity index (χ4v) is 5.21. The highest BCUT2D eigenvalue weighted by Crippen LogP contribution is 2.33. The minimum absolute atomic E-state index is 0.00426. The van der Waals surface area contributed by atoms with Crippen molar-refractivity contribution in [3.8, 4) is 0 Å². The van der Waals surface area contributed by atoms with Crippen molar-refractivity contribution in [2.45, 2.75) is 43.2 Å². The van der Waals surface area contributed by atoms with Crippen molar-refractivity contribution in [2.75, 3.05) is 6.54 Å². The van der Waals surface area contributed by atoms with E-state index in [1.165, 1.54) is 19.1 Å². The van der Waals surface area contributed by atoms with Gasteiger partial charge >= 0.3 is 0 Å². The molecule has 0 aromatic heterocycles. The highest BCUT2D eigenvalue weighted by Gasteiger charge is 2.45. The number of carbonyl (C=O) groups excluding carboxylic acids is 2. The van der Waals surface area contributed by atoms with Gasteiger partial charge in [-0.15, -0.1) is 0 Å².